The van der Waals surface area contributed by atoms with E-state index in [1.165, 1.54) is 0 Å². The van der Waals surface area contributed by atoms with Crippen LogP contribution in [0.15, 0.2) is 18.2 Å². The Morgan fingerprint density at radius 3 is 2.09 bits per heavy atom. The molecule has 1 aromatic carbocycles. The summed E-state index contributed by atoms with van der Waals surface area (Å²) >= 11 is 0. The van der Waals surface area contributed by atoms with Crippen molar-refractivity contribution in [3.63, 3.8) is 0 Å². The van der Waals surface area contributed by atoms with Crippen molar-refractivity contribution in [2.45, 2.75) is 92.3 Å². The Balaban J connectivity index is 3.16. The molecule has 32 heavy (non-hydrogen) atoms. The molecule has 3 amide bonds. The number of benzene rings is 1. The molecule has 1 unspecified atom stereocenters. The van der Waals surface area contributed by atoms with Crippen LogP contribution in [0.1, 0.15) is 83.5 Å². The Labute approximate surface area is 193 Å². The summed E-state index contributed by atoms with van der Waals surface area (Å²) in [6.07, 6.45) is 2.31. The number of carbonyl (C=O) groups is 3. The first-order chi connectivity index (χ1) is 14.9. The van der Waals surface area contributed by atoms with E-state index in [-0.39, 0.29) is 24.4 Å². The summed E-state index contributed by atoms with van der Waals surface area (Å²) in [7, 11) is 0. The van der Waals surface area contributed by atoms with E-state index in [0.717, 1.165) is 36.0 Å². The predicted molar refractivity (Wildman–Crippen MR) is 127 cm³/mol. The van der Waals surface area contributed by atoms with Crippen molar-refractivity contribution in [1.29, 1.82) is 0 Å². The molecule has 0 heterocycles. The molecule has 0 aromatic heterocycles. The summed E-state index contributed by atoms with van der Waals surface area (Å²) in [5.41, 5.74) is 2.14. The number of unbranched alkanes of at least 4 members (excludes halogenated alkanes) is 2. The lowest BCUT2D eigenvalue weighted by Crippen LogP contribution is -2.50. The molecular formula is C25H41N3O4. The third-order valence-corrected chi connectivity index (χ3v) is 4.79. The molecular weight excluding hydrogens is 406 g/mol. The molecule has 0 radical (unpaired) electrons. The van der Waals surface area contributed by atoms with Crippen molar-refractivity contribution in [2.24, 2.45) is 0 Å². The highest BCUT2D eigenvalue weighted by Gasteiger charge is 2.33. The second kappa shape index (κ2) is 12.5. The molecule has 1 rings (SSSR count). The molecule has 0 saturated heterocycles. The number of aryl methyl sites for hydroxylation is 2. The number of hydrogen-bond acceptors (Lipinski definition) is 4. The van der Waals surface area contributed by atoms with Gasteiger partial charge in [0.25, 0.3) is 0 Å². The molecule has 0 fully saturated rings. The molecule has 2 N–H and O–H groups in total. The van der Waals surface area contributed by atoms with Crippen LogP contribution in [0.2, 0.25) is 0 Å². The molecule has 0 saturated carbocycles. The minimum Gasteiger partial charge on any atom is -0.444 e. The van der Waals surface area contributed by atoms with E-state index in [1.807, 2.05) is 45.9 Å². The van der Waals surface area contributed by atoms with E-state index >= 15 is 0 Å². The van der Waals surface area contributed by atoms with Gasteiger partial charge in [-0.2, -0.15) is 0 Å². The Morgan fingerprint density at radius 1 is 1.00 bits per heavy atom. The molecule has 1 atom stereocenters. The smallest absolute Gasteiger partial charge is 0.408 e. The summed E-state index contributed by atoms with van der Waals surface area (Å²) in [4.78, 5) is 40.1. The van der Waals surface area contributed by atoms with Crippen molar-refractivity contribution >= 4 is 17.9 Å². The van der Waals surface area contributed by atoms with E-state index < -0.39 is 17.7 Å². The van der Waals surface area contributed by atoms with E-state index in [9.17, 15) is 14.4 Å². The van der Waals surface area contributed by atoms with Gasteiger partial charge in [-0.25, -0.2) is 4.79 Å². The van der Waals surface area contributed by atoms with E-state index in [0.29, 0.717) is 6.54 Å². The van der Waals surface area contributed by atoms with Gasteiger partial charge in [-0.05, 0) is 60.5 Å². The van der Waals surface area contributed by atoms with Crippen LogP contribution in [0.3, 0.4) is 0 Å². The molecule has 0 bridgehead atoms. The number of ether oxygens (including phenoxy) is 1. The first-order valence-corrected chi connectivity index (χ1v) is 11.5. The highest BCUT2D eigenvalue weighted by atomic mass is 16.6. The largest absolute Gasteiger partial charge is 0.444 e. The van der Waals surface area contributed by atoms with Crippen molar-refractivity contribution in [3.05, 3.63) is 34.9 Å². The van der Waals surface area contributed by atoms with Crippen LogP contribution in [0.25, 0.3) is 0 Å². The number of hydrogen-bond donors (Lipinski definition) is 2. The van der Waals surface area contributed by atoms with E-state index in [1.54, 1.807) is 25.7 Å². The van der Waals surface area contributed by atoms with Gasteiger partial charge in [-0.1, -0.05) is 49.1 Å². The molecule has 0 aliphatic carbocycles. The molecule has 7 nitrogen and oxygen atoms in total. The zero-order valence-corrected chi connectivity index (χ0v) is 21.0. The molecule has 7 heteroatoms. The Hall–Kier alpha value is -2.57. The summed E-state index contributed by atoms with van der Waals surface area (Å²) in [6.45, 7) is 15.4. The molecule has 0 aliphatic heterocycles. The fourth-order valence-corrected chi connectivity index (χ4v) is 3.57. The maximum absolute atomic E-state index is 13.3. The summed E-state index contributed by atoms with van der Waals surface area (Å²) in [5, 5.41) is 5.51. The van der Waals surface area contributed by atoms with Gasteiger partial charge in [0, 0.05) is 12.6 Å². The van der Waals surface area contributed by atoms with Crippen LogP contribution < -0.4 is 10.6 Å². The maximum atomic E-state index is 13.3. The van der Waals surface area contributed by atoms with Crippen LogP contribution in [0.5, 0.6) is 0 Å². The average Bonchev–Trinajstić information content (AvgIpc) is 2.64. The molecule has 180 valence electrons. The molecule has 0 aliphatic rings. The average molecular weight is 448 g/mol. The fraction of sp³-hybridized carbons (Fsp3) is 0.640. The number of carbonyl (C=O) groups excluding carboxylic acids is 3. The minimum atomic E-state index is -0.789. The third kappa shape index (κ3) is 9.28. The standard InChI is InChI=1S/C25H41N3O4/c1-9-10-11-12-26-23(30)22(20-14-18(4)13-19(5)15-20)28(17(2)3)21(29)16-27-24(31)32-25(6,7)8/h13-15,17,22H,9-12,16H2,1-8H3,(H,26,30)(H,27,31). The second-order valence-electron chi connectivity index (χ2n) is 9.57. The predicted octanol–water partition coefficient (Wildman–Crippen LogP) is 4.41. The highest BCUT2D eigenvalue weighted by Crippen LogP contribution is 2.26. The monoisotopic (exact) mass is 447 g/mol. The van der Waals surface area contributed by atoms with Crippen LogP contribution in [-0.4, -0.2) is 47.5 Å². The van der Waals surface area contributed by atoms with Crippen LogP contribution in [0, 0.1) is 13.8 Å². The Kier molecular flexibility index (Phi) is 10.7. The summed E-state index contributed by atoms with van der Waals surface area (Å²) < 4.78 is 5.23. The number of amides is 3. The highest BCUT2D eigenvalue weighted by molar-refractivity contribution is 5.90. The lowest BCUT2D eigenvalue weighted by Gasteiger charge is -2.35. The number of nitrogens with one attached hydrogen (secondary N) is 2. The zero-order valence-electron chi connectivity index (χ0n) is 21.0. The van der Waals surface area contributed by atoms with E-state index in [2.05, 4.69) is 17.6 Å². The van der Waals surface area contributed by atoms with Gasteiger partial charge >= 0.3 is 6.09 Å². The molecule has 1 aromatic rings. The quantitative estimate of drug-likeness (QED) is 0.520. The van der Waals surface area contributed by atoms with Gasteiger partial charge in [-0.3, -0.25) is 9.59 Å². The van der Waals surface area contributed by atoms with Gasteiger partial charge in [-0.15, -0.1) is 0 Å². The number of rotatable bonds is 10. The van der Waals surface area contributed by atoms with E-state index in [4.69, 9.17) is 4.74 Å². The van der Waals surface area contributed by atoms with Gasteiger partial charge in [0.05, 0.1) is 0 Å². The van der Waals surface area contributed by atoms with Gasteiger partial charge in [0.1, 0.15) is 18.2 Å². The van der Waals surface area contributed by atoms with Crippen molar-refractivity contribution in [1.82, 2.24) is 15.5 Å². The fourth-order valence-electron chi connectivity index (χ4n) is 3.57. The Morgan fingerprint density at radius 2 is 1.59 bits per heavy atom. The SMILES string of the molecule is CCCCCNC(=O)C(c1cc(C)cc(C)c1)N(C(=O)CNC(=O)OC(C)(C)C)C(C)C. The summed E-state index contributed by atoms with van der Waals surface area (Å²) in [5.74, 6) is -0.566. The van der Waals surface area contributed by atoms with Crippen LogP contribution >= 0.6 is 0 Å². The van der Waals surface area contributed by atoms with Gasteiger partial charge in [0.15, 0.2) is 0 Å². The second-order valence-corrected chi connectivity index (χ2v) is 9.57. The number of alkyl carbamates (subject to hydrolysis) is 1. The van der Waals surface area contributed by atoms with Gasteiger partial charge in [0.2, 0.25) is 11.8 Å². The van der Waals surface area contributed by atoms with Crippen LogP contribution in [0.4, 0.5) is 4.79 Å². The first-order valence-electron chi connectivity index (χ1n) is 11.5. The summed E-state index contributed by atoms with van der Waals surface area (Å²) in [6, 6.07) is 4.87. The minimum absolute atomic E-state index is 0.217. The third-order valence-electron chi connectivity index (χ3n) is 4.79. The lowest BCUT2D eigenvalue weighted by molar-refractivity contribution is -0.142. The van der Waals surface area contributed by atoms with Crippen molar-refractivity contribution in [3.8, 4) is 0 Å². The van der Waals surface area contributed by atoms with Gasteiger partial charge < -0.3 is 20.3 Å². The van der Waals surface area contributed by atoms with Crippen LogP contribution in [-0.2, 0) is 14.3 Å². The lowest BCUT2D eigenvalue weighted by atomic mass is 9.98. The topological polar surface area (TPSA) is 87.7 Å². The van der Waals surface area contributed by atoms with Crippen molar-refractivity contribution < 1.29 is 19.1 Å². The molecule has 0 spiro atoms. The first kappa shape index (κ1) is 27.5. The number of nitrogens with zero attached hydrogens (tertiary/aromatic N) is 1. The zero-order chi connectivity index (χ0) is 24.5. The normalized spacial score (nSPS) is 12.3. The Bertz CT molecular complexity index is 764. The van der Waals surface area contributed by atoms with Crippen molar-refractivity contribution in [2.75, 3.05) is 13.1 Å². The maximum Gasteiger partial charge on any atom is 0.408 e.